The van der Waals surface area contributed by atoms with E-state index in [9.17, 15) is 9.59 Å². The number of amides is 2. The van der Waals surface area contributed by atoms with Gasteiger partial charge in [0.2, 0.25) is 11.8 Å². The van der Waals surface area contributed by atoms with E-state index in [1.54, 1.807) is 18.0 Å². The maximum absolute atomic E-state index is 12.2. The van der Waals surface area contributed by atoms with Crippen LogP contribution < -0.4 is 5.32 Å². The second kappa shape index (κ2) is 9.77. The van der Waals surface area contributed by atoms with Crippen molar-refractivity contribution in [3.05, 3.63) is 24.2 Å². The van der Waals surface area contributed by atoms with Gasteiger partial charge in [-0.15, -0.1) is 0 Å². The summed E-state index contributed by atoms with van der Waals surface area (Å²) < 4.78 is 5.21. The zero-order valence-corrected chi connectivity index (χ0v) is 15.4. The number of carbonyl (C=O) groups excluding carboxylic acids is 2. The van der Waals surface area contributed by atoms with Gasteiger partial charge < -0.3 is 14.6 Å². The summed E-state index contributed by atoms with van der Waals surface area (Å²) in [7, 11) is 0. The monoisotopic (exact) mass is 352 g/mol. The van der Waals surface area contributed by atoms with E-state index in [0.717, 1.165) is 30.8 Å². The van der Waals surface area contributed by atoms with Gasteiger partial charge in [0, 0.05) is 19.0 Å². The molecule has 1 N–H and O–H groups in total. The predicted molar refractivity (Wildman–Crippen MR) is 96.6 cm³/mol. The molecule has 0 spiro atoms. The molecular weight excluding hydrogens is 324 g/mol. The molecule has 24 heavy (non-hydrogen) atoms. The number of hydrogen-bond acceptors (Lipinski definition) is 4. The standard InChI is InChI=1S/C18H28N2O3S/c1-14(2)7-11-24-13-17(21)20-8-5-15(6-9-20)18(22)19-12-16-4-3-10-23-16/h3-4,10,14-15H,5-9,11-13H2,1-2H3,(H,19,22). The van der Waals surface area contributed by atoms with Crippen LogP contribution in [0.1, 0.15) is 38.9 Å². The average molecular weight is 353 g/mol. The van der Waals surface area contributed by atoms with Gasteiger partial charge in [-0.1, -0.05) is 13.8 Å². The molecule has 2 amide bonds. The van der Waals surface area contributed by atoms with Gasteiger partial charge >= 0.3 is 0 Å². The van der Waals surface area contributed by atoms with Crippen molar-refractivity contribution in [3.63, 3.8) is 0 Å². The number of thioether (sulfide) groups is 1. The lowest BCUT2D eigenvalue weighted by molar-refractivity contribution is -0.133. The highest BCUT2D eigenvalue weighted by atomic mass is 32.2. The van der Waals surface area contributed by atoms with Crippen LogP contribution in [0, 0.1) is 11.8 Å². The Labute approximate surface area is 148 Å². The van der Waals surface area contributed by atoms with Gasteiger partial charge in [-0.05, 0) is 43.1 Å². The molecule has 0 radical (unpaired) electrons. The van der Waals surface area contributed by atoms with E-state index in [4.69, 9.17) is 4.42 Å². The Morgan fingerprint density at radius 2 is 2.12 bits per heavy atom. The van der Waals surface area contributed by atoms with Crippen LogP contribution in [0.5, 0.6) is 0 Å². The minimum absolute atomic E-state index is 0.00222. The number of rotatable bonds is 8. The number of carbonyl (C=O) groups is 2. The van der Waals surface area contributed by atoms with Crippen molar-refractivity contribution < 1.29 is 14.0 Å². The summed E-state index contributed by atoms with van der Waals surface area (Å²) in [6.07, 6.45) is 4.24. The molecule has 1 aliphatic heterocycles. The van der Waals surface area contributed by atoms with Crippen LogP contribution in [0.15, 0.2) is 22.8 Å². The lowest BCUT2D eigenvalue weighted by Crippen LogP contribution is -2.43. The zero-order chi connectivity index (χ0) is 17.4. The van der Waals surface area contributed by atoms with Crippen LogP contribution in [-0.2, 0) is 16.1 Å². The Hall–Kier alpha value is -1.43. The van der Waals surface area contributed by atoms with Gasteiger partial charge in [0.05, 0.1) is 18.6 Å². The Morgan fingerprint density at radius 1 is 1.38 bits per heavy atom. The van der Waals surface area contributed by atoms with Gasteiger partial charge in [0.25, 0.3) is 0 Å². The van der Waals surface area contributed by atoms with Gasteiger partial charge in [-0.25, -0.2) is 0 Å². The fourth-order valence-electron chi connectivity index (χ4n) is 2.69. The lowest BCUT2D eigenvalue weighted by Gasteiger charge is -2.31. The van der Waals surface area contributed by atoms with Crippen molar-refractivity contribution in [3.8, 4) is 0 Å². The number of hydrogen-bond donors (Lipinski definition) is 1. The first-order chi connectivity index (χ1) is 11.6. The summed E-state index contributed by atoms with van der Waals surface area (Å²) in [5, 5.41) is 2.91. The van der Waals surface area contributed by atoms with E-state index in [1.807, 2.05) is 17.0 Å². The maximum Gasteiger partial charge on any atom is 0.232 e. The highest BCUT2D eigenvalue weighted by molar-refractivity contribution is 7.99. The van der Waals surface area contributed by atoms with Crippen LogP contribution in [0.2, 0.25) is 0 Å². The SMILES string of the molecule is CC(C)CCSCC(=O)N1CCC(C(=O)NCc2ccco2)CC1. The summed E-state index contributed by atoms with van der Waals surface area (Å²) in [6, 6.07) is 3.66. The first-order valence-corrected chi connectivity index (χ1v) is 9.87. The zero-order valence-electron chi connectivity index (χ0n) is 14.6. The van der Waals surface area contributed by atoms with E-state index in [1.165, 1.54) is 0 Å². The number of likely N-dealkylation sites (tertiary alicyclic amines) is 1. The first-order valence-electron chi connectivity index (χ1n) is 8.72. The van der Waals surface area contributed by atoms with E-state index in [-0.39, 0.29) is 17.7 Å². The number of piperidine rings is 1. The van der Waals surface area contributed by atoms with Crippen molar-refractivity contribution >= 4 is 23.6 Å². The van der Waals surface area contributed by atoms with Gasteiger partial charge in [-0.2, -0.15) is 11.8 Å². The van der Waals surface area contributed by atoms with Gasteiger partial charge in [-0.3, -0.25) is 9.59 Å². The molecule has 2 heterocycles. The molecule has 0 atom stereocenters. The molecule has 0 bridgehead atoms. The highest BCUT2D eigenvalue weighted by Gasteiger charge is 2.27. The second-order valence-electron chi connectivity index (χ2n) is 6.69. The van der Waals surface area contributed by atoms with Crippen LogP contribution in [0.25, 0.3) is 0 Å². The molecule has 1 aromatic heterocycles. The topological polar surface area (TPSA) is 62.6 Å². The molecule has 0 aliphatic carbocycles. The molecule has 0 unspecified atom stereocenters. The van der Waals surface area contributed by atoms with Crippen molar-refractivity contribution in [1.82, 2.24) is 10.2 Å². The molecule has 1 saturated heterocycles. The van der Waals surface area contributed by atoms with Gasteiger partial charge in [0.1, 0.15) is 5.76 Å². The van der Waals surface area contributed by atoms with Crippen LogP contribution >= 0.6 is 11.8 Å². The highest BCUT2D eigenvalue weighted by Crippen LogP contribution is 2.19. The fourth-order valence-corrected chi connectivity index (χ4v) is 3.83. The summed E-state index contributed by atoms with van der Waals surface area (Å²) in [5.41, 5.74) is 0. The van der Waals surface area contributed by atoms with Crippen LogP contribution in [-0.4, -0.2) is 41.3 Å². The molecule has 1 fully saturated rings. The van der Waals surface area contributed by atoms with E-state index in [0.29, 0.717) is 31.3 Å². The Morgan fingerprint density at radius 3 is 2.75 bits per heavy atom. The third-order valence-corrected chi connectivity index (χ3v) is 5.28. The van der Waals surface area contributed by atoms with Crippen molar-refractivity contribution in [1.29, 1.82) is 0 Å². The molecule has 1 aliphatic rings. The van der Waals surface area contributed by atoms with Crippen molar-refractivity contribution in [2.75, 3.05) is 24.6 Å². The number of nitrogens with one attached hydrogen (secondary N) is 1. The molecule has 6 heteroatoms. The summed E-state index contributed by atoms with van der Waals surface area (Å²) in [4.78, 5) is 26.3. The quantitative estimate of drug-likeness (QED) is 0.731. The summed E-state index contributed by atoms with van der Waals surface area (Å²) >= 11 is 1.72. The third-order valence-electron chi connectivity index (χ3n) is 4.30. The molecule has 1 aromatic rings. The number of nitrogens with zero attached hydrogens (tertiary/aromatic N) is 1. The normalized spacial score (nSPS) is 15.7. The number of furan rings is 1. The minimum atomic E-state index is -0.00222. The molecule has 134 valence electrons. The Bertz CT molecular complexity index is 508. The predicted octanol–water partition coefficient (Wildman–Crippen LogP) is 2.91. The third kappa shape index (κ3) is 6.23. The fraction of sp³-hybridized carbons (Fsp3) is 0.667. The minimum Gasteiger partial charge on any atom is -0.467 e. The molecule has 0 saturated carbocycles. The Balaban J connectivity index is 1.63. The first kappa shape index (κ1) is 18.9. The van der Waals surface area contributed by atoms with Crippen molar-refractivity contribution in [2.45, 2.75) is 39.7 Å². The molecule has 2 rings (SSSR count). The largest absolute Gasteiger partial charge is 0.467 e. The molecule has 0 aromatic carbocycles. The second-order valence-corrected chi connectivity index (χ2v) is 7.79. The molecular formula is C18H28N2O3S. The van der Waals surface area contributed by atoms with Gasteiger partial charge in [0.15, 0.2) is 0 Å². The summed E-state index contributed by atoms with van der Waals surface area (Å²) in [6.45, 7) is 6.19. The smallest absolute Gasteiger partial charge is 0.232 e. The van der Waals surface area contributed by atoms with Crippen LogP contribution in [0.3, 0.4) is 0 Å². The summed E-state index contributed by atoms with van der Waals surface area (Å²) in [5.74, 6) is 3.30. The van der Waals surface area contributed by atoms with Crippen LogP contribution in [0.4, 0.5) is 0 Å². The lowest BCUT2D eigenvalue weighted by atomic mass is 9.96. The average Bonchev–Trinajstić information content (AvgIpc) is 3.10. The maximum atomic E-state index is 12.2. The van der Waals surface area contributed by atoms with E-state index < -0.39 is 0 Å². The van der Waals surface area contributed by atoms with Crippen molar-refractivity contribution in [2.24, 2.45) is 11.8 Å². The molecule has 5 nitrogen and oxygen atoms in total. The van der Waals surface area contributed by atoms with E-state index in [2.05, 4.69) is 19.2 Å². The Kier molecular flexibility index (Phi) is 7.69. The van der Waals surface area contributed by atoms with E-state index >= 15 is 0 Å².